The number of hydrogen-bond donors (Lipinski definition) is 0. The van der Waals surface area contributed by atoms with Crippen molar-refractivity contribution in [2.45, 2.75) is 0 Å². The van der Waals surface area contributed by atoms with E-state index in [9.17, 15) is 0 Å². The lowest BCUT2D eigenvalue weighted by atomic mass is 10.0. The van der Waals surface area contributed by atoms with Gasteiger partial charge in [0.05, 0.1) is 11.4 Å². The Morgan fingerprint density at radius 1 is 0.432 bits per heavy atom. The molecule has 0 fully saturated rings. The van der Waals surface area contributed by atoms with Gasteiger partial charge in [-0.1, -0.05) is 82.7 Å². The van der Waals surface area contributed by atoms with E-state index < -0.39 is 0 Å². The Morgan fingerprint density at radius 2 is 1.00 bits per heavy atom. The standard InChI is InChI=1S/C32H21BrN4/c33-29-17-27(26-9-5-15-35-21-26)16-28(18-29)31-19-30(36-32(37-31)24-6-2-1-3-7-24)23-12-10-22(11-13-23)25-8-4-14-34-20-25/h1-21H. The van der Waals surface area contributed by atoms with Crippen LogP contribution in [0.1, 0.15) is 0 Å². The van der Waals surface area contributed by atoms with Crippen LogP contribution >= 0.6 is 15.9 Å². The van der Waals surface area contributed by atoms with Gasteiger partial charge in [0.2, 0.25) is 0 Å². The molecule has 0 bridgehead atoms. The predicted molar refractivity (Wildman–Crippen MR) is 153 cm³/mol. The van der Waals surface area contributed by atoms with Gasteiger partial charge in [-0.05, 0) is 53.1 Å². The highest BCUT2D eigenvalue weighted by Crippen LogP contribution is 2.33. The summed E-state index contributed by atoms with van der Waals surface area (Å²) in [6.07, 6.45) is 7.31. The summed E-state index contributed by atoms with van der Waals surface area (Å²) in [6, 6.07) is 34.9. The van der Waals surface area contributed by atoms with Crippen LogP contribution in [0, 0.1) is 0 Å². The molecule has 0 aliphatic rings. The van der Waals surface area contributed by atoms with Crippen molar-refractivity contribution in [1.29, 1.82) is 0 Å². The number of halogens is 1. The molecule has 3 aromatic heterocycles. The Hall–Kier alpha value is -4.48. The Morgan fingerprint density at radius 3 is 1.65 bits per heavy atom. The normalized spacial score (nSPS) is 10.8. The van der Waals surface area contributed by atoms with Gasteiger partial charge in [0.1, 0.15) is 0 Å². The molecule has 5 heteroatoms. The fourth-order valence-corrected chi connectivity index (χ4v) is 4.76. The van der Waals surface area contributed by atoms with Gasteiger partial charge in [-0.2, -0.15) is 0 Å². The number of hydrogen-bond acceptors (Lipinski definition) is 4. The van der Waals surface area contributed by atoms with Crippen LogP contribution in [0.5, 0.6) is 0 Å². The highest BCUT2D eigenvalue weighted by molar-refractivity contribution is 9.10. The van der Waals surface area contributed by atoms with Crippen LogP contribution in [0.4, 0.5) is 0 Å². The maximum Gasteiger partial charge on any atom is 0.160 e. The van der Waals surface area contributed by atoms with Gasteiger partial charge in [-0.25, -0.2) is 9.97 Å². The number of aromatic nitrogens is 4. The first-order valence-corrected chi connectivity index (χ1v) is 12.7. The molecule has 0 N–H and O–H groups in total. The van der Waals surface area contributed by atoms with E-state index in [1.807, 2.05) is 54.9 Å². The van der Waals surface area contributed by atoms with E-state index in [0.717, 1.165) is 54.8 Å². The highest BCUT2D eigenvalue weighted by Gasteiger charge is 2.13. The van der Waals surface area contributed by atoms with E-state index in [0.29, 0.717) is 5.82 Å². The molecule has 6 aromatic rings. The SMILES string of the molecule is Brc1cc(-c2cccnc2)cc(-c2cc(-c3ccc(-c4cccnc4)cc3)nc(-c3ccccc3)n2)c1. The average Bonchev–Trinajstić information content (AvgIpc) is 2.98. The van der Waals surface area contributed by atoms with Gasteiger partial charge < -0.3 is 0 Å². The summed E-state index contributed by atoms with van der Waals surface area (Å²) in [4.78, 5) is 18.5. The van der Waals surface area contributed by atoms with Gasteiger partial charge in [-0.3, -0.25) is 9.97 Å². The fourth-order valence-electron chi connectivity index (χ4n) is 4.26. The Labute approximate surface area is 223 Å². The molecular weight excluding hydrogens is 520 g/mol. The molecule has 0 aliphatic carbocycles. The smallest absolute Gasteiger partial charge is 0.160 e. The van der Waals surface area contributed by atoms with E-state index in [1.54, 1.807) is 12.4 Å². The highest BCUT2D eigenvalue weighted by atomic mass is 79.9. The van der Waals surface area contributed by atoms with Gasteiger partial charge in [-0.15, -0.1) is 0 Å². The van der Waals surface area contributed by atoms with Crippen LogP contribution < -0.4 is 0 Å². The van der Waals surface area contributed by atoms with Crippen molar-refractivity contribution < 1.29 is 0 Å². The summed E-state index contributed by atoms with van der Waals surface area (Å²) in [6.45, 7) is 0. The lowest BCUT2D eigenvalue weighted by Gasteiger charge is -2.12. The predicted octanol–water partition coefficient (Wildman–Crippen LogP) is 8.36. The minimum Gasteiger partial charge on any atom is -0.264 e. The van der Waals surface area contributed by atoms with Crippen LogP contribution in [0.2, 0.25) is 0 Å². The fraction of sp³-hybridized carbons (Fsp3) is 0. The van der Waals surface area contributed by atoms with Gasteiger partial charge in [0.25, 0.3) is 0 Å². The van der Waals surface area contributed by atoms with Gasteiger partial charge in [0, 0.05) is 51.5 Å². The molecule has 0 unspecified atom stereocenters. The molecule has 0 atom stereocenters. The molecule has 0 aliphatic heterocycles. The summed E-state index contributed by atoms with van der Waals surface area (Å²) in [5.74, 6) is 0.687. The monoisotopic (exact) mass is 540 g/mol. The molecule has 0 saturated carbocycles. The Kier molecular flexibility index (Phi) is 6.36. The molecule has 3 aromatic carbocycles. The molecule has 3 heterocycles. The number of nitrogens with zero attached hydrogens (tertiary/aromatic N) is 4. The van der Waals surface area contributed by atoms with Crippen LogP contribution in [0.15, 0.2) is 132 Å². The summed E-state index contributed by atoms with van der Waals surface area (Å²) >= 11 is 3.70. The van der Waals surface area contributed by atoms with Crippen LogP contribution in [-0.2, 0) is 0 Å². The van der Waals surface area contributed by atoms with Crippen LogP contribution in [0.25, 0.3) is 56.2 Å². The van der Waals surface area contributed by atoms with Crippen LogP contribution in [0.3, 0.4) is 0 Å². The van der Waals surface area contributed by atoms with Crippen molar-refractivity contribution in [2.75, 3.05) is 0 Å². The second-order valence-corrected chi connectivity index (χ2v) is 9.53. The first kappa shape index (κ1) is 23.0. The lowest BCUT2D eigenvalue weighted by Crippen LogP contribution is -1.96. The van der Waals surface area contributed by atoms with E-state index in [2.05, 4.69) is 86.6 Å². The molecule has 0 saturated heterocycles. The van der Waals surface area contributed by atoms with Crippen molar-refractivity contribution >= 4 is 15.9 Å². The molecule has 0 amide bonds. The molecule has 4 nitrogen and oxygen atoms in total. The summed E-state index contributed by atoms with van der Waals surface area (Å²) in [5, 5.41) is 0. The number of pyridine rings is 2. The third kappa shape index (κ3) is 5.08. The summed E-state index contributed by atoms with van der Waals surface area (Å²) in [7, 11) is 0. The molecule has 0 radical (unpaired) electrons. The summed E-state index contributed by atoms with van der Waals surface area (Å²) in [5.41, 5.74) is 9.03. The third-order valence-corrected chi connectivity index (χ3v) is 6.58. The van der Waals surface area contributed by atoms with Crippen molar-refractivity contribution in [3.8, 4) is 56.2 Å². The minimum atomic E-state index is 0.687. The maximum atomic E-state index is 4.98. The first-order chi connectivity index (χ1) is 18.2. The average molecular weight is 541 g/mol. The van der Waals surface area contributed by atoms with E-state index >= 15 is 0 Å². The van der Waals surface area contributed by atoms with E-state index in [4.69, 9.17) is 9.97 Å². The molecular formula is C32H21BrN4. The zero-order chi connectivity index (χ0) is 25.0. The Balaban J connectivity index is 1.47. The lowest BCUT2D eigenvalue weighted by molar-refractivity contribution is 1.18. The Bertz CT molecular complexity index is 1650. The van der Waals surface area contributed by atoms with E-state index in [1.165, 1.54) is 0 Å². The summed E-state index contributed by atoms with van der Waals surface area (Å²) < 4.78 is 0.978. The second-order valence-electron chi connectivity index (χ2n) is 8.62. The van der Waals surface area contributed by atoms with Crippen molar-refractivity contribution in [3.63, 3.8) is 0 Å². The zero-order valence-electron chi connectivity index (χ0n) is 19.8. The van der Waals surface area contributed by atoms with Crippen molar-refractivity contribution in [1.82, 2.24) is 19.9 Å². The zero-order valence-corrected chi connectivity index (χ0v) is 21.4. The van der Waals surface area contributed by atoms with Gasteiger partial charge in [0.15, 0.2) is 5.82 Å². The molecule has 37 heavy (non-hydrogen) atoms. The van der Waals surface area contributed by atoms with Crippen LogP contribution in [-0.4, -0.2) is 19.9 Å². The maximum absolute atomic E-state index is 4.98. The van der Waals surface area contributed by atoms with Crippen molar-refractivity contribution in [3.05, 3.63) is 132 Å². The second kappa shape index (κ2) is 10.2. The quantitative estimate of drug-likeness (QED) is 0.220. The molecule has 0 spiro atoms. The molecule has 6 rings (SSSR count). The minimum absolute atomic E-state index is 0.687. The van der Waals surface area contributed by atoms with E-state index in [-0.39, 0.29) is 0 Å². The van der Waals surface area contributed by atoms with Gasteiger partial charge >= 0.3 is 0 Å². The largest absolute Gasteiger partial charge is 0.264 e. The topological polar surface area (TPSA) is 51.6 Å². The third-order valence-electron chi connectivity index (χ3n) is 6.12. The number of rotatable bonds is 5. The molecule has 176 valence electrons. The number of benzene rings is 3. The van der Waals surface area contributed by atoms with Crippen molar-refractivity contribution in [2.24, 2.45) is 0 Å². The first-order valence-electron chi connectivity index (χ1n) is 11.9.